The summed E-state index contributed by atoms with van der Waals surface area (Å²) in [5.41, 5.74) is 4.51. The van der Waals surface area contributed by atoms with Gasteiger partial charge in [0.25, 0.3) is 0 Å². The van der Waals surface area contributed by atoms with Crippen molar-refractivity contribution in [3.05, 3.63) is 78.7 Å². The van der Waals surface area contributed by atoms with Gasteiger partial charge in [0, 0.05) is 18.5 Å². The number of amides is 2. The lowest BCUT2D eigenvalue weighted by Gasteiger charge is -2.27. The topological polar surface area (TPSA) is 135 Å². The second-order valence-electron chi connectivity index (χ2n) is 17.0. The van der Waals surface area contributed by atoms with Gasteiger partial charge in [0.05, 0.1) is 61.7 Å². The summed E-state index contributed by atoms with van der Waals surface area (Å²) in [5.74, 6) is 2.22. The van der Waals surface area contributed by atoms with Gasteiger partial charge in [-0.05, 0) is 109 Å². The molecule has 2 fully saturated rings. The Bertz CT molecular complexity index is 2000. The summed E-state index contributed by atoms with van der Waals surface area (Å²) in [5, 5.41) is 0. The lowest BCUT2D eigenvalue weighted by molar-refractivity contribution is 0.0176. The predicted molar refractivity (Wildman–Crippen MR) is 215 cm³/mol. The summed E-state index contributed by atoms with van der Waals surface area (Å²) in [6, 6.07) is 14.2. The van der Waals surface area contributed by atoms with E-state index in [4.69, 9.17) is 23.9 Å². The minimum absolute atomic E-state index is 0.133. The molecular weight excluding hydrogens is 709 g/mol. The Balaban J connectivity index is 1.12. The van der Waals surface area contributed by atoms with E-state index in [1.54, 1.807) is 9.80 Å². The van der Waals surface area contributed by atoms with E-state index in [0.717, 1.165) is 83.7 Å². The highest BCUT2D eigenvalue weighted by atomic mass is 16.6. The quantitative estimate of drug-likeness (QED) is 0.197. The lowest BCUT2D eigenvalue weighted by Crippen LogP contribution is -2.37. The van der Waals surface area contributed by atoms with Crippen LogP contribution in [0.4, 0.5) is 9.59 Å². The van der Waals surface area contributed by atoms with Gasteiger partial charge >= 0.3 is 12.2 Å². The molecule has 4 bridgehead atoms. The second-order valence-corrected chi connectivity index (χ2v) is 17.0. The number of nitrogens with zero attached hydrogens (tertiary/aromatic N) is 4. The molecule has 0 saturated carbocycles. The van der Waals surface area contributed by atoms with Crippen LogP contribution in [0.5, 0.6) is 5.75 Å². The standard InChI is InChI=1S/C44H56N6O6/c1-43(2,3)55-41(51)49-21-13-14-36(49)39-45-26-34(47-39)30-17-15-29(16-18-30)31-19-20-33-35-27-46-40(48-35)37-25-32(28-50(37)42(52)56-44(4,5)6)53-22-11-9-7-8-10-12-23-54-38(33)24-31/h9,11,15-20,24,26-27,32,36-37H,7-8,10,12-14,21-23,25,28H2,1-6H3,(H,45,47)(H,46,48)/b11-9+/t32-,36-,37-/m0/s1. The second kappa shape index (κ2) is 16.6. The van der Waals surface area contributed by atoms with Crippen molar-refractivity contribution in [2.24, 2.45) is 0 Å². The number of allylic oxidation sites excluding steroid dienone is 1. The van der Waals surface area contributed by atoms with Crippen molar-refractivity contribution in [1.82, 2.24) is 29.7 Å². The van der Waals surface area contributed by atoms with Crippen LogP contribution in [-0.4, -0.2) is 85.5 Å². The van der Waals surface area contributed by atoms with E-state index in [-0.39, 0.29) is 30.4 Å². The lowest BCUT2D eigenvalue weighted by atomic mass is 10.00. The zero-order valence-corrected chi connectivity index (χ0v) is 33.6. The van der Waals surface area contributed by atoms with Crippen LogP contribution in [0.3, 0.4) is 0 Å². The number of likely N-dealkylation sites (tertiary alicyclic amines) is 2. The fraction of sp³-hybridized carbons (Fsp3) is 0.500. The van der Waals surface area contributed by atoms with E-state index in [9.17, 15) is 9.59 Å². The minimum Gasteiger partial charge on any atom is -0.493 e. The summed E-state index contributed by atoms with van der Waals surface area (Å²) in [4.78, 5) is 46.3. The predicted octanol–water partition coefficient (Wildman–Crippen LogP) is 9.78. The van der Waals surface area contributed by atoms with Crippen LogP contribution in [0.25, 0.3) is 33.6 Å². The maximum Gasteiger partial charge on any atom is 0.411 e. The number of aromatic amines is 2. The van der Waals surface area contributed by atoms with Crippen LogP contribution in [0.15, 0.2) is 67.0 Å². The van der Waals surface area contributed by atoms with Crippen LogP contribution >= 0.6 is 0 Å². The number of aromatic nitrogens is 4. The molecule has 2 saturated heterocycles. The van der Waals surface area contributed by atoms with Gasteiger partial charge in [-0.3, -0.25) is 9.80 Å². The van der Waals surface area contributed by atoms with E-state index in [1.807, 2.05) is 53.9 Å². The fourth-order valence-corrected chi connectivity index (χ4v) is 7.57. The smallest absolute Gasteiger partial charge is 0.411 e. The van der Waals surface area contributed by atoms with Gasteiger partial charge in [-0.1, -0.05) is 42.5 Å². The average Bonchev–Trinajstić information content (AvgIpc) is 3.97. The normalized spacial score (nSPS) is 21.4. The SMILES string of the molecule is CC(C)(C)OC(=O)N1CCC[C@H]1c1ncc(-c2ccc(-c3ccc4c(c3)OCCCCC/C=C/CO[C@H]3C[C@@H](c5ncc-4[nH]5)N(C(=O)OC(C)(C)C)C3)cc2)[nH]1. The maximum atomic E-state index is 13.4. The van der Waals surface area contributed by atoms with E-state index in [1.165, 1.54) is 0 Å². The molecule has 3 aliphatic rings. The number of fused-ring (bicyclic) bond motifs is 7. The van der Waals surface area contributed by atoms with Crippen LogP contribution in [0.2, 0.25) is 0 Å². The maximum absolute atomic E-state index is 13.4. The first-order valence-electron chi connectivity index (χ1n) is 20.0. The fourth-order valence-electron chi connectivity index (χ4n) is 7.57. The summed E-state index contributed by atoms with van der Waals surface area (Å²) in [7, 11) is 0. The van der Waals surface area contributed by atoms with Crippen LogP contribution in [0.1, 0.15) is 110 Å². The molecule has 298 valence electrons. The Morgan fingerprint density at radius 2 is 1.41 bits per heavy atom. The molecule has 2 aromatic heterocycles. The van der Waals surface area contributed by atoms with Crippen molar-refractivity contribution < 1.29 is 28.5 Å². The number of ether oxygens (including phenoxy) is 4. The first-order valence-corrected chi connectivity index (χ1v) is 20.0. The Morgan fingerprint density at radius 1 is 0.750 bits per heavy atom. The molecule has 5 heterocycles. The molecule has 3 aliphatic heterocycles. The summed E-state index contributed by atoms with van der Waals surface area (Å²) < 4.78 is 24.2. The van der Waals surface area contributed by atoms with Crippen molar-refractivity contribution in [3.63, 3.8) is 0 Å². The molecule has 12 nitrogen and oxygen atoms in total. The van der Waals surface area contributed by atoms with Crippen molar-refractivity contribution in [3.8, 4) is 39.4 Å². The van der Waals surface area contributed by atoms with Crippen LogP contribution in [0, 0.1) is 0 Å². The Kier molecular flexibility index (Phi) is 11.6. The van der Waals surface area contributed by atoms with Crippen molar-refractivity contribution in [1.29, 1.82) is 0 Å². The third-order valence-electron chi connectivity index (χ3n) is 10.3. The largest absolute Gasteiger partial charge is 0.493 e. The number of rotatable bonds is 3. The molecule has 0 aliphatic carbocycles. The Hall–Kier alpha value is -5.10. The zero-order valence-electron chi connectivity index (χ0n) is 33.6. The number of carbonyl (C=O) groups excluding carboxylic acids is 2. The van der Waals surface area contributed by atoms with Gasteiger partial charge in [-0.2, -0.15) is 0 Å². The van der Waals surface area contributed by atoms with Gasteiger partial charge in [-0.15, -0.1) is 0 Å². The number of imidazole rings is 2. The number of hydrogen-bond donors (Lipinski definition) is 2. The van der Waals surface area contributed by atoms with E-state index in [2.05, 4.69) is 69.6 Å². The molecule has 56 heavy (non-hydrogen) atoms. The highest BCUT2D eigenvalue weighted by molar-refractivity contribution is 5.76. The van der Waals surface area contributed by atoms with E-state index >= 15 is 0 Å². The molecule has 4 aromatic rings. The van der Waals surface area contributed by atoms with E-state index in [0.29, 0.717) is 38.5 Å². The highest BCUT2D eigenvalue weighted by Gasteiger charge is 2.41. The van der Waals surface area contributed by atoms with Crippen LogP contribution in [-0.2, 0) is 14.2 Å². The van der Waals surface area contributed by atoms with Crippen molar-refractivity contribution >= 4 is 12.2 Å². The number of nitrogens with one attached hydrogen (secondary N) is 2. The van der Waals surface area contributed by atoms with Crippen LogP contribution < -0.4 is 4.74 Å². The zero-order chi connectivity index (χ0) is 39.5. The number of H-pyrrole nitrogens is 2. The molecule has 7 rings (SSSR count). The molecule has 12 heteroatoms. The van der Waals surface area contributed by atoms with Gasteiger partial charge < -0.3 is 28.9 Å². The average molecular weight is 765 g/mol. The number of carbonyl (C=O) groups is 2. The van der Waals surface area contributed by atoms with Gasteiger partial charge in [-0.25, -0.2) is 19.6 Å². The van der Waals surface area contributed by atoms with Gasteiger partial charge in [0.15, 0.2) is 0 Å². The molecule has 0 radical (unpaired) electrons. The highest BCUT2D eigenvalue weighted by Crippen LogP contribution is 2.39. The first-order chi connectivity index (χ1) is 26.8. The number of benzene rings is 2. The minimum atomic E-state index is -0.622. The third kappa shape index (κ3) is 9.46. The summed E-state index contributed by atoms with van der Waals surface area (Å²) in [6.07, 6.45) is 13.5. The van der Waals surface area contributed by atoms with Gasteiger partial charge in [0.1, 0.15) is 28.6 Å². The third-order valence-corrected chi connectivity index (χ3v) is 10.3. The molecular formula is C44H56N6O6. The number of hydrogen-bond acceptors (Lipinski definition) is 8. The van der Waals surface area contributed by atoms with Crippen molar-refractivity contribution in [2.45, 2.75) is 116 Å². The van der Waals surface area contributed by atoms with Gasteiger partial charge in [0.2, 0.25) is 0 Å². The molecule has 0 unspecified atom stereocenters. The molecule has 2 N–H and O–H groups in total. The Labute approximate surface area is 330 Å². The van der Waals surface area contributed by atoms with Crippen molar-refractivity contribution in [2.75, 3.05) is 26.3 Å². The van der Waals surface area contributed by atoms with E-state index < -0.39 is 11.2 Å². The summed E-state index contributed by atoms with van der Waals surface area (Å²) in [6.45, 7) is 13.5. The Morgan fingerprint density at radius 3 is 2.16 bits per heavy atom. The molecule has 3 atom stereocenters. The summed E-state index contributed by atoms with van der Waals surface area (Å²) >= 11 is 0. The molecule has 2 amide bonds. The molecule has 0 spiro atoms. The first kappa shape index (κ1) is 39.1. The molecule has 2 aromatic carbocycles. The monoisotopic (exact) mass is 764 g/mol.